The second-order valence-corrected chi connectivity index (χ2v) is 11.4. The minimum Gasteiger partial charge on any atom is -0.508 e. The Balaban J connectivity index is 1.72. The largest absolute Gasteiger partial charge is 0.508 e. The van der Waals surface area contributed by atoms with Gasteiger partial charge >= 0.3 is 0 Å². The van der Waals surface area contributed by atoms with Crippen LogP contribution in [0.1, 0.15) is 40.7 Å². The minimum absolute atomic E-state index is 0.0480. The number of rotatable bonds is 6. The fourth-order valence-electron chi connectivity index (χ4n) is 5.76. The van der Waals surface area contributed by atoms with Crippen LogP contribution in [0.25, 0.3) is 0 Å². The number of amides is 1. The highest BCUT2D eigenvalue weighted by molar-refractivity contribution is 7.88. The molecule has 11 nitrogen and oxygen atoms in total. The lowest BCUT2D eigenvalue weighted by atomic mass is 9.57. The van der Waals surface area contributed by atoms with Crippen LogP contribution in [0.5, 0.6) is 5.75 Å². The highest BCUT2D eigenvalue weighted by atomic mass is 32.2. The summed E-state index contributed by atoms with van der Waals surface area (Å²) in [6.45, 7) is 0.188. The van der Waals surface area contributed by atoms with Crippen molar-refractivity contribution < 1.29 is 43.2 Å². The lowest BCUT2D eigenvalue weighted by Crippen LogP contribution is -2.63. The van der Waals surface area contributed by atoms with E-state index in [1.807, 2.05) is 0 Å². The van der Waals surface area contributed by atoms with Crippen molar-refractivity contribution in [3.8, 4) is 5.75 Å². The second-order valence-electron chi connectivity index (χ2n) is 9.61. The molecular formula is C23H28N2O9S. The number of hydrogen-bond acceptors (Lipinski definition) is 9. The summed E-state index contributed by atoms with van der Waals surface area (Å²) in [7, 11) is -3.35. The standard InChI is InChI=1S/C23H28N2O9S/c1-35(33,34)25-6-2-3-10-4-5-14(26)17-13(10)8-11-7-12-9-15(27)18(22(24)31)21(30)23(12,32)20(29)16(11)19(17)28/h4-5,11-12,15,18,25-27,29,32H,2-3,6-9H2,1H3,(H2,24,31)/t11-,12+,15?,18?,23+/m1/s1. The van der Waals surface area contributed by atoms with Crippen LogP contribution in [-0.2, 0) is 32.5 Å². The van der Waals surface area contributed by atoms with E-state index in [1.54, 1.807) is 6.07 Å². The van der Waals surface area contributed by atoms with Gasteiger partial charge in [-0.15, -0.1) is 0 Å². The summed E-state index contributed by atoms with van der Waals surface area (Å²) in [4.78, 5) is 38.2. The molecule has 0 aromatic heterocycles. The van der Waals surface area contributed by atoms with E-state index in [0.29, 0.717) is 18.4 Å². The molecule has 1 saturated carbocycles. The number of allylic oxidation sites excluding steroid dienone is 1. The first-order valence-electron chi connectivity index (χ1n) is 11.3. The Morgan fingerprint density at radius 2 is 1.91 bits per heavy atom. The summed E-state index contributed by atoms with van der Waals surface area (Å²) in [5.41, 5.74) is 3.74. The van der Waals surface area contributed by atoms with Crippen molar-refractivity contribution in [3.05, 3.63) is 40.2 Å². The molecule has 35 heavy (non-hydrogen) atoms. The van der Waals surface area contributed by atoms with Gasteiger partial charge < -0.3 is 26.2 Å². The number of Topliss-reactive ketones (excluding diaryl/α,β-unsaturated/α-hetero) is 2. The molecule has 0 heterocycles. The topological polar surface area (TPSA) is 204 Å². The molecule has 2 unspecified atom stereocenters. The van der Waals surface area contributed by atoms with Crippen molar-refractivity contribution in [2.24, 2.45) is 23.5 Å². The Kier molecular flexibility index (Phi) is 6.29. The van der Waals surface area contributed by atoms with Crippen molar-refractivity contribution in [1.82, 2.24) is 4.72 Å². The Morgan fingerprint density at radius 3 is 2.54 bits per heavy atom. The van der Waals surface area contributed by atoms with Crippen LogP contribution in [0.3, 0.4) is 0 Å². The van der Waals surface area contributed by atoms with Crippen LogP contribution in [-0.4, -0.2) is 70.8 Å². The molecular weight excluding hydrogens is 480 g/mol. The number of benzene rings is 1. The quantitative estimate of drug-likeness (QED) is 0.210. The van der Waals surface area contributed by atoms with E-state index in [-0.39, 0.29) is 42.7 Å². The fraction of sp³-hybridized carbons (Fsp3) is 0.522. The van der Waals surface area contributed by atoms with Crippen molar-refractivity contribution in [2.75, 3.05) is 12.8 Å². The van der Waals surface area contributed by atoms with Gasteiger partial charge in [-0.3, -0.25) is 14.4 Å². The molecule has 3 aliphatic carbocycles. The SMILES string of the molecule is CS(=O)(=O)NCCCc1ccc(O)c2c1C[C@H]1C[C@H]3CC(O)C(C(N)=O)C(=O)[C@@]3(O)C(O)=C1C2=O. The number of aliphatic hydroxyl groups excluding tert-OH is 2. The molecule has 7 N–H and O–H groups in total. The molecule has 1 aromatic carbocycles. The Morgan fingerprint density at radius 1 is 1.23 bits per heavy atom. The van der Waals surface area contributed by atoms with E-state index < -0.39 is 62.7 Å². The van der Waals surface area contributed by atoms with Crippen molar-refractivity contribution in [2.45, 2.75) is 43.8 Å². The first-order chi connectivity index (χ1) is 16.3. The lowest BCUT2D eigenvalue weighted by Gasteiger charge is -2.48. The molecule has 5 atom stereocenters. The number of phenolic OH excluding ortho intramolecular Hbond substituents is 1. The predicted octanol–water partition coefficient (Wildman–Crippen LogP) is -0.773. The number of primary amides is 1. The molecule has 1 fully saturated rings. The van der Waals surface area contributed by atoms with Crippen molar-refractivity contribution >= 4 is 27.5 Å². The molecule has 3 aliphatic rings. The number of fused-ring (bicyclic) bond motifs is 3. The van der Waals surface area contributed by atoms with Gasteiger partial charge in [0.2, 0.25) is 15.9 Å². The maximum atomic E-state index is 13.5. The van der Waals surface area contributed by atoms with E-state index in [4.69, 9.17) is 5.73 Å². The number of aliphatic hydroxyl groups is 3. The second kappa shape index (κ2) is 8.70. The summed E-state index contributed by atoms with van der Waals surface area (Å²) in [5, 5.41) is 43.1. The lowest BCUT2D eigenvalue weighted by molar-refractivity contribution is -0.167. The first-order valence-corrected chi connectivity index (χ1v) is 13.2. The third kappa shape index (κ3) is 4.14. The van der Waals surface area contributed by atoms with E-state index in [0.717, 1.165) is 11.8 Å². The monoisotopic (exact) mass is 508 g/mol. The minimum atomic E-state index is -3.35. The normalized spacial score (nSPS) is 30.5. The van der Waals surface area contributed by atoms with Crippen molar-refractivity contribution in [1.29, 1.82) is 0 Å². The van der Waals surface area contributed by atoms with Gasteiger partial charge in [0.25, 0.3) is 0 Å². The van der Waals surface area contributed by atoms with Gasteiger partial charge in [0.15, 0.2) is 17.2 Å². The molecule has 0 radical (unpaired) electrons. The fourth-order valence-corrected chi connectivity index (χ4v) is 6.28. The number of hydrogen-bond donors (Lipinski definition) is 6. The van der Waals surface area contributed by atoms with Crippen molar-refractivity contribution in [3.63, 3.8) is 0 Å². The zero-order valence-electron chi connectivity index (χ0n) is 19.0. The van der Waals surface area contributed by atoms with Gasteiger partial charge in [0.05, 0.1) is 17.9 Å². The number of nitrogens with two attached hydrogens (primary N) is 1. The van der Waals surface area contributed by atoms with Gasteiger partial charge in [-0.05, 0) is 55.2 Å². The Hall–Kier alpha value is -2.80. The van der Waals surface area contributed by atoms with E-state index in [9.17, 15) is 43.2 Å². The molecule has 0 aliphatic heterocycles. The number of nitrogens with one attached hydrogen (secondary N) is 1. The van der Waals surface area contributed by atoms with E-state index >= 15 is 0 Å². The molecule has 1 aromatic rings. The third-order valence-corrected chi connectivity index (χ3v) is 8.09. The molecule has 4 rings (SSSR count). The van der Waals surface area contributed by atoms with Gasteiger partial charge in [-0.1, -0.05) is 6.07 Å². The van der Waals surface area contributed by atoms with Gasteiger partial charge in [-0.25, -0.2) is 13.1 Å². The number of phenols is 1. The van der Waals surface area contributed by atoms with E-state index in [2.05, 4.69) is 4.72 Å². The first kappa shape index (κ1) is 25.3. The maximum Gasteiger partial charge on any atom is 0.230 e. The number of sulfonamides is 1. The van der Waals surface area contributed by atoms with Crippen LogP contribution in [0, 0.1) is 17.8 Å². The number of aromatic hydroxyl groups is 1. The zero-order valence-corrected chi connectivity index (χ0v) is 19.8. The summed E-state index contributed by atoms with van der Waals surface area (Å²) in [6.07, 6.45) is 0.620. The van der Waals surface area contributed by atoms with Crippen LogP contribution in [0.4, 0.5) is 0 Å². The molecule has 0 bridgehead atoms. The van der Waals surface area contributed by atoms with Gasteiger partial charge in [0, 0.05) is 18.0 Å². The van der Waals surface area contributed by atoms with Gasteiger partial charge in [-0.2, -0.15) is 0 Å². The number of ketones is 2. The maximum absolute atomic E-state index is 13.5. The summed E-state index contributed by atoms with van der Waals surface area (Å²) >= 11 is 0. The summed E-state index contributed by atoms with van der Waals surface area (Å²) in [5.74, 6) is -7.46. The van der Waals surface area contributed by atoms with E-state index in [1.165, 1.54) is 6.07 Å². The molecule has 12 heteroatoms. The van der Waals surface area contributed by atoms with Crippen LogP contribution < -0.4 is 10.5 Å². The number of carbonyl (C=O) groups excluding carboxylic acids is 3. The zero-order chi connectivity index (χ0) is 25.9. The van der Waals surface area contributed by atoms with Crippen LogP contribution in [0.2, 0.25) is 0 Å². The summed E-state index contributed by atoms with van der Waals surface area (Å²) < 4.78 is 25.0. The van der Waals surface area contributed by atoms with Crippen LogP contribution in [0.15, 0.2) is 23.5 Å². The smallest absolute Gasteiger partial charge is 0.230 e. The molecule has 0 saturated heterocycles. The molecule has 190 valence electrons. The average Bonchev–Trinajstić information content (AvgIpc) is 2.74. The molecule has 1 amide bonds. The third-order valence-electron chi connectivity index (χ3n) is 7.36. The highest BCUT2D eigenvalue weighted by Gasteiger charge is 2.62. The Labute approximate surface area is 201 Å². The predicted molar refractivity (Wildman–Crippen MR) is 122 cm³/mol. The summed E-state index contributed by atoms with van der Waals surface area (Å²) in [6, 6.07) is 2.99. The van der Waals surface area contributed by atoms with Crippen LogP contribution >= 0.6 is 0 Å². The molecule has 0 spiro atoms. The highest BCUT2D eigenvalue weighted by Crippen LogP contribution is 2.51. The average molecular weight is 509 g/mol. The van der Waals surface area contributed by atoms with Gasteiger partial charge in [0.1, 0.15) is 17.4 Å². The number of carbonyl (C=O) groups is 3. The Bertz CT molecular complexity index is 1260. The number of aryl methyl sites for hydroxylation is 1.